The Hall–Kier alpha value is -2.34. The predicted molar refractivity (Wildman–Crippen MR) is 109 cm³/mol. The Kier molecular flexibility index (Phi) is 5.67. The molecule has 1 fully saturated rings. The van der Waals surface area contributed by atoms with Gasteiger partial charge in [0.2, 0.25) is 5.55 Å². The van der Waals surface area contributed by atoms with E-state index in [1.54, 1.807) is 36.4 Å². The molecule has 1 amide bonds. The van der Waals surface area contributed by atoms with E-state index >= 15 is 0 Å². The number of carbonyl (C=O) groups is 1. The number of nitrogens with one attached hydrogen (secondary N) is 1. The molecule has 1 aromatic heterocycles. The second-order valence-corrected chi connectivity index (χ2v) is 7.40. The van der Waals surface area contributed by atoms with Gasteiger partial charge < -0.3 is 14.5 Å². The van der Waals surface area contributed by atoms with Crippen LogP contribution >= 0.6 is 23.2 Å². The van der Waals surface area contributed by atoms with Crippen molar-refractivity contribution in [3.05, 3.63) is 69.7 Å². The molecule has 0 saturated carbocycles. The van der Waals surface area contributed by atoms with Crippen molar-refractivity contribution in [2.24, 2.45) is 4.99 Å². The number of halogens is 2. The Morgan fingerprint density at radius 1 is 1.18 bits per heavy atom. The summed E-state index contributed by atoms with van der Waals surface area (Å²) in [4.78, 5) is 17.4. The fourth-order valence-corrected chi connectivity index (χ4v) is 3.46. The van der Waals surface area contributed by atoms with Crippen LogP contribution in [0.25, 0.3) is 11.0 Å². The SMILES string of the molecule is O=C(NC[C@@H]1CCCO1)c1cc2cc(Cl)ccc2oc1=Nc1ccccc1Cl. The molecule has 2 aromatic carbocycles. The molecule has 0 bridgehead atoms. The van der Waals surface area contributed by atoms with E-state index in [1.807, 2.05) is 12.1 Å². The monoisotopic (exact) mass is 416 g/mol. The molecule has 4 rings (SSSR count). The van der Waals surface area contributed by atoms with E-state index in [0.717, 1.165) is 19.4 Å². The molecule has 0 radical (unpaired) electrons. The molecule has 1 saturated heterocycles. The van der Waals surface area contributed by atoms with Crippen LogP contribution < -0.4 is 10.9 Å². The summed E-state index contributed by atoms with van der Waals surface area (Å²) in [5.74, 6) is -0.285. The predicted octanol–water partition coefficient (Wildman–Crippen LogP) is 4.88. The number of fused-ring (bicyclic) bond motifs is 1. The van der Waals surface area contributed by atoms with E-state index in [2.05, 4.69) is 10.3 Å². The summed E-state index contributed by atoms with van der Waals surface area (Å²) < 4.78 is 11.5. The van der Waals surface area contributed by atoms with Crippen molar-refractivity contribution < 1.29 is 13.9 Å². The highest BCUT2D eigenvalue weighted by Gasteiger charge is 2.18. The molecular formula is C21H18Cl2N2O3. The number of para-hydroxylation sites is 1. The fraction of sp³-hybridized carbons (Fsp3) is 0.238. The summed E-state index contributed by atoms with van der Waals surface area (Å²) in [5, 5.41) is 4.66. The third-order valence-corrected chi connectivity index (χ3v) is 5.10. The summed E-state index contributed by atoms with van der Waals surface area (Å²) in [6.07, 6.45) is 1.99. The molecule has 7 heteroatoms. The average Bonchev–Trinajstić information content (AvgIpc) is 3.21. The Balaban J connectivity index is 1.77. The first-order valence-corrected chi connectivity index (χ1v) is 9.78. The lowest BCUT2D eigenvalue weighted by Crippen LogP contribution is -2.34. The smallest absolute Gasteiger partial charge is 0.256 e. The van der Waals surface area contributed by atoms with Gasteiger partial charge in [0.15, 0.2) is 0 Å². The van der Waals surface area contributed by atoms with Gasteiger partial charge in [-0.15, -0.1) is 0 Å². The van der Waals surface area contributed by atoms with Crippen LogP contribution in [0.5, 0.6) is 0 Å². The van der Waals surface area contributed by atoms with E-state index in [0.29, 0.717) is 38.8 Å². The maximum Gasteiger partial charge on any atom is 0.256 e. The van der Waals surface area contributed by atoms with Crippen LogP contribution in [0.1, 0.15) is 23.2 Å². The van der Waals surface area contributed by atoms with Crippen LogP contribution in [-0.2, 0) is 4.74 Å². The molecule has 0 aliphatic carbocycles. The Bertz CT molecular complexity index is 1090. The summed E-state index contributed by atoms with van der Waals surface area (Å²) in [6, 6.07) is 14.1. The van der Waals surface area contributed by atoms with Crippen molar-refractivity contribution in [3.63, 3.8) is 0 Å². The first-order chi connectivity index (χ1) is 13.6. The molecule has 0 unspecified atom stereocenters. The van der Waals surface area contributed by atoms with E-state index in [-0.39, 0.29) is 17.6 Å². The standard InChI is InChI=1S/C21H18Cl2N2O3/c22-14-7-8-19-13(10-14)11-16(20(26)24-12-15-4-3-9-27-15)21(28-19)25-18-6-2-1-5-17(18)23/h1-2,5-8,10-11,15H,3-4,9,12H2,(H,24,26)/t15-/m0/s1. The Morgan fingerprint density at radius 2 is 2.04 bits per heavy atom. The van der Waals surface area contributed by atoms with Crippen LogP contribution in [0, 0.1) is 0 Å². The molecule has 2 heterocycles. The van der Waals surface area contributed by atoms with Crippen LogP contribution in [0.2, 0.25) is 10.0 Å². The highest BCUT2D eigenvalue weighted by atomic mass is 35.5. The molecule has 5 nitrogen and oxygen atoms in total. The van der Waals surface area contributed by atoms with Crippen LogP contribution in [0.15, 0.2) is 57.9 Å². The third kappa shape index (κ3) is 4.22. The maximum atomic E-state index is 12.9. The van der Waals surface area contributed by atoms with Crippen molar-refractivity contribution in [1.29, 1.82) is 0 Å². The van der Waals surface area contributed by atoms with Gasteiger partial charge in [0.1, 0.15) is 11.1 Å². The maximum absolute atomic E-state index is 12.9. The van der Waals surface area contributed by atoms with Crippen molar-refractivity contribution in [2.75, 3.05) is 13.2 Å². The van der Waals surface area contributed by atoms with E-state index < -0.39 is 0 Å². The highest BCUT2D eigenvalue weighted by molar-refractivity contribution is 6.33. The summed E-state index contributed by atoms with van der Waals surface area (Å²) in [5.41, 5.74) is 1.60. The minimum atomic E-state index is -0.285. The fourth-order valence-electron chi connectivity index (χ4n) is 3.11. The zero-order valence-corrected chi connectivity index (χ0v) is 16.5. The number of carbonyl (C=O) groups excluding carboxylic acids is 1. The third-order valence-electron chi connectivity index (χ3n) is 4.54. The van der Waals surface area contributed by atoms with Gasteiger partial charge in [-0.05, 0) is 49.2 Å². The van der Waals surface area contributed by atoms with Gasteiger partial charge in [-0.1, -0.05) is 35.3 Å². The van der Waals surface area contributed by atoms with E-state index in [1.165, 1.54) is 0 Å². The number of hydrogen-bond acceptors (Lipinski definition) is 4. The lowest BCUT2D eigenvalue weighted by molar-refractivity contribution is 0.0854. The number of hydrogen-bond donors (Lipinski definition) is 1. The summed E-state index contributed by atoms with van der Waals surface area (Å²) >= 11 is 12.3. The van der Waals surface area contributed by atoms with E-state index in [4.69, 9.17) is 32.4 Å². The molecule has 144 valence electrons. The summed E-state index contributed by atoms with van der Waals surface area (Å²) in [6.45, 7) is 1.18. The Labute approximate surface area is 171 Å². The molecule has 1 N–H and O–H groups in total. The Morgan fingerprint density at radius 3 is 2.82 bits per heavy atom. The first-order valence-electron chi connectivity index (χ1n) is 9.02. The molecule has 1 aliphatic heterocycles. The summed E-state index contributed by atoms with van der Waals surface area (Å²) in [7, 11) is 0. The van der Waals surface area contributed by atoms with Crippen LogP contribution in [-0.4, -0.2) is 25.2 Å². The van der Waals surface area contributed by atoms with Gasteiger partial charge in [0.05, 0.1) is 16.8 Å². The lowest BCUT2D eigenvalue weighted by Gasteiger charge is -2.11. The highest BCUT2D eigenvalue weighted by Crippen LogP contribution is 2.24. The zero-order chi connectivity index (χ0) is 19.5. The van der Waals surface area contributed by atoms with Gasteiger partial charge in [-0.2, -0.15) is 0 Å². The second-order valence-electron chi connectivity index (χ2n) is 6.56. The van der Waals surface area contributed by atoms with Crippen molar-refractivity contribution in [3.8, 4) is 0 Å². The average molecular weight is 417 g/mol. The molecule has 1 aliphatic rings. The zero-order valence-electron chi connectivity index (χ0n) is 15.0. The van der Waals surface area contributed by atoms with Crippen molar-refractivity contribution >= 4 is 45.8 Å². The van der Waals surface area contributed by atoms with Crippen LogP contribution in [0.3, 0.4) is 0 Å². The number of benzene rings is 2. The normalized spacial score (nSPS) is 17.2. The number of rotatable bonds is 4. The minimum Gasteiger partial charge on any atom is -0.438 e. The number of ether oxygens (including phenoxy) is 1. The molecule has 3 aromatic rings. The van der Waals surface area contributed by atoms with Gasteiger partial charge in [-0.3, -0.25) is 4.79 Å². The topological polar surface area (TPSA) is 63.8 Å². The first kappa shape index (κ1) is 19.0. The molecule has 28 heavy (non-hydrogen) atoms. The van der Waals surface area contributed by atoms with Gasteiger partial charge in [-0.25, -0.2) is 4.99 Å². The van der Waals surface area contributed by atoms with Crippen LogP contribution in [0.4, 0.5) is 5.69 Å². The lowest BCUT2D eigenvalue weighted by atomic mass is 10.1. The largest absolute Gasteiger partial charge is 0.438 e. The van der Waals surface area contributed by atoms with Crippen molar-refractivity contribution in [2.45, 2.75) is 18.9 Å². The quantitative estimate of drug-likeness (QED) is 0.658. The van der Waals surface area contributed by atoms with Gasteiger partial charge in [0.25, 0.3) is 5.91 Å². The second kappa shape index (κ2) is 8.35. The molecule has 0 spiro atoms. The van der Waals surface area contributed by atoms with Gasteiger partial charge in [0, 0.05) is 23.6 Å². The number of nitrogens with zero attached hydrogens (tertiary/aromatic N) is 1. The van der Waals surface area contributed by atoms with E-state index in [9.17, 15) is 4.79 Å². The number of amides is 1. The van der Waals surface area contributed by atoms with Crippen molar-refractivity contribution in [1.82, 2.24) is 5.32 Å². The van der Waals surface area contributed by atoms with Gasteiger partial charge >= 0.3 is 0 Å². The molecular weight excluding hydrogens is 399 g/mol. The minimum absolute atomic E-state index is 0.0414. The molecule has 1 atom stereocenters.